The molecule has 8 nitrogen and oxygen atoms in total. The van der Waals surface area contributed by atoms with Gasteiger partial charge in [0, 0.05) is 6.07 Å². The van der Waals surface area contributed by atoms with E-state index in [0.717, 1.165) is 29.9 Å². The van der Waals surface area contributed by atoms with Crippen molar-refractivity contribution in [3.8, 4) is 0 Å². The summed E-state index contributed by atoms with van der Waals surface area (Å²) in [6, 6.07) is 3.80. The van der Waals surface area contributed by atoms with E-state index < -0.39 is 16.6 Å². The zero-order valence-corrected chi connectivity index (χ0v) is 12.8. The van der Waals surface area contributed by atoms with E-state index in [9.17, 15) is 19.7 Å². The van der Waals surface area contributed by atoms with Gasteiger partial charge >= 0.3 is 11.7 Å². The molecule has 0 aliphatic heterocycles. The average molecular weight is 332 g/mol. The van der Waals surface area contributed by atoms with E-state index in [4.69, 9.17) is 9.15 Å². The molecule has 8 heteroatoms. The summed E-state index contributed by atoms with van der Waals surface area (Å²) < 4.78 is 11.3. The number of oxazole rings is 1. The average Bonchev–Trinajstić information content (AvgIpc) is 2.89. The Morgan fingerprint density at radius 1 is 1.42 bits per heavy atom. The molecule has 0 spiro atoms. The lowest BCUT2D eigenvalue weighted by atomic mass is 9.95. The number of hydrogen-bond acceptors (Lipinski definition) is 6. The molecule has 1 unspecified atom stereocenters. The van der Waals surface area contributed by atoms with Gasteiger partial charge in [-0.3, -0.25) is 19.5 Å². The molecule has 1 aromatic heterocycles. The quantitative estimate of drug-likeness (QED) is 0.360. The number of fused-ring (bicyclic) bond motifs is 1. The minimum Gasteiger partial charge on any atom is -0.464 e. The maximum atomic E-state index is 12.0. The van der Waals surface area contributed by atoms with E-state index in [-0.39, 0.29) is 17.8 Å². The van der Waals surface area contributed by atoms with Gasteiger partial charge in [0.2, 0.25) is 0 Å². The van der Waals surface area contributed by atoms with Crippen LogP contribution in [0.2, 0.25) is 0 Å². The second-order valence-electron chi connectivity index (χ2n) is 5.70. The van der Waals surface area contributed by atoms with Crippen LogP contribution in [0.5, 0.6) is 0 Å². The Bertz CT molecular complexity index is 863. The zero-order chi connectivity index (χ0) is 17.1. The summed E-state index contributed by atoms with van der Waals surface area (Å²) in [5.74, 6) is -0.977. The molecule has 1 aliphatic carbocycles. The molecule has 0 fully saturated rings. The molecule has 126 valence electrons. The number of rotatable bonds is 5. The van der Waals surface area contributed by atoms with E-state index in [0.29, 0.717) is 18.0 Å². The van der Waals surface area contributed by atoms with Gasteiger partial charge in [0.15, 0.2) is 5.58 Å². The molecule has 1 aromatic carbocycles. The first-order valence-electron chi connectivity index (χ1n) is 7.63. The number of aromatic nitrogens is 1. The Hall–Kier alpha value is -2.90. The smallest absolute Gasteiger partial charge is 0.420 e. The van der Waals surface area contributed by atoms with E-state index in [1.807, 2.05) is 0 Å². The van der Waals surface area contributed by atoms with Gasteiger partial charge in [0.05, 0.1) is 23.1 Å². The first-order chi connectivity index (χ1) is 11.5. The minimum atomic E-state index is -0.747. The molecule has 1 aliphatic rings. The Labute approximate surface area is 136 Å². The van der Waals surface area contributed by atoms with Crippen LogP contribution >= 0.6 is 0 Å². The van der Waals surface area contributed by atoms with Crippen LogP contribution < -0.4 is 5.76 Å². The predicted octanol–water partition coefficient (Wildman–Crippen LogP) is 2.40. The van der Waals surface area contributed by atoms with Gasteiger partial charge in [-0.2, -0.15) is 0 Å². The van der Waals surface area contributed by atoms with E-state index in [1.165, 1.54) is 12.1 Å². The summed E-state index contributed by atoms with van der Waals surface area (Å²) in [5, 5.41) is 10.7. The number of nitro groups is 1. The van der Waals surface area contributed by atoms with Gasteiger partial charge in [0.1, 0.15) is 6.54 Å². The summed E-state index contributed by atoms with van der Waals surface area (Å²) >= 11 is 0. The van der Waals surface area contributed by atoms with Crippen molar-refractivity contribution < 1.29 is 18.9 Å². The first kappa shape index (κ1) is 16.0. The summed E-state index contributed by atoms with van der Waals surface area (Å²) in [7, 11) is 0. The molecule has 0 N–H and O–H groups in total. The van der Waals surface area contributed by atoms with Crippen LogP contribution in [-0.4, -0.2) is 22.1 Å². The number of allylic oxidation sites excluding steroid dienone is 2. The van der Waals surface area contributed by atoms with Crippen LogP contribution in [0, 0.1) is 16.0 Å². The molecule has 24 heavy (non-hydrogen) atoms. The van der Waals surface area contributed by atoms with Gasteiger partial charge in [0.25, 0.3) is 5.69 Å². The molecule has 0 saturated carbocycles. The predicted molar refractivity (Wildman–Crippen MR) is 84.6 cm³/mol. The normalized spacial score (nSPS) is 17.1. The largest absolute Gasteiger partial charge is 0.464 e. The monoisotopic (exact) mass is 332 g/mol. The molecule has 0 radical (unpaired) electrons. The van der Waals surface area contributed by atoms with Crippen LogP contribution in [-0.2, 0) is 16.1 Å². The molecular formula is C16H16N2O6. The number of carbonyl (C=O) groups excluding carboxylic acids is 1. The number of nitro benzene ring substituents is 1. The van der Waals surface area contributed by atoms with Crippen LogP contribution in [0.4, 0.5) is 5.69 Å². The van der Waals surface area contributed by atoms with Crippen LogP contribution in [0.3, 0.4) is 0 Å². The van der Waals surface area contributed by atoms with E-state index in [1.54, 1.807) is 0 Å². The fourth-order valence-electron chi connectivity index (χ4n) is 2.71. The molecule has 2 aromatic rings. The highest BCUT2D eigenvalue weighted by molar-refractivity contribution is 5.78. The molecule has 1 atom stereocenters. The maximum Gasteiger partial charge on any atom is 0.420 e. The number of nitrogens with zero attached hydrogens (tertiary/aromatic N) is 2. The topological polar surface area (TPSA) is 105 Å². The lowest BCUT2D eigenvalue weighted by Gasteiger charge is -2.17. The third kappa shape index (κ3) is 3.37. The van der Waals surface area contributed by atoms with Crippen molar-refractivity contribution in [1.82, 2.24) is 4.57 Å². The second kappa shape index (κ2) is 6.69. The maximum absolute atomic E-state index is 12.0. The SMILES string of the molecule is O=C(Cn1c(=O)oc2cc([N+](=O)[O-])ccc21)OCC1CC=CCC1. The second-order valence-corrected chi connectivity index (χ2v) is 5.70. The van der Waals surface area contributed by atoms with E-state index >= 15 is 0 Å². The Kier molecular flexibility index (Phi) is 4.45. The van der Waals surface area contributed by atoms with Crippen molar-refractivity contribution >= 4 is 22.8 Å². The summed E-state index contributed by atoms with van der Waals surface area (Å²) in [6.07, 6.45) is 7.01. The highest BCUT2D eigenvalue weighted by atomic mass is 16.6. The number of hydrogen-bond donors (Lipinski definition) is 0. The highest BCUT2D eigenvalue weighted by Crippen LogP contribution is 2.21. The third-order valence-corrected chi connectivity index (χ3v) is 4.01. The summed E-state index contributed by atoms with van der Waals surface area (Å²) in [6.45, 7) is 0.0331. The van der Waals surface area contributed by atoms with Gasteiger partial charge in [-0.1, -0.05) is 12.2 Å². The number of benzene rings is 1. The number of carbonyl (C=O) groups is 1. The number of ether oxygens (including phenoxy) is 1. The molecular weight excluding hydrogens is 316 g/mol. The van der Waals surface area contributed by atoms with E-state index in [2.05, 4.69) is 12.2 Å². The fraction of sp³-hybridized carbons (Fsp3) is 0.375. The van der Waals surface area contributed by atoms with Gasteiger partial charge < -0.3 is 9.15 Å². The van der Waals surface area contributed by atoms with Crippen molar-refractivity contribution in [3.63, 3.8) is 0 Å². The van der Waals surface area contributed by atoms with Gasteiger partial charge in [-0.05, 0) is 31.2 Å². The van der Waals surface area contributed by atoms with Gasteiger partial charge in [-0.25, -0.2) is 4.79 Å². The zero-order valence-electron chi connectivity index (χ0n) is 12.8. The fourth-order valence-corrected chi connectivity index (χ4v) is 2.71. The van der Waals surface area contributed by atoms with Crippen molar-refractivity contribution in [2.75, 3.05) is 6.61 Å². The molecule has 1 heterocycles. The lowest BCUT2D eigenvalue weighted by Crippen LogP contribution is -2.23. The molecule has 0 saturated heterocycles. The molecule has 0 amide bonds. The van der Waals surface area contributed by atoms with Crippen molar-refractivity contribution in [3.05, 3.63) is 51.0 Å². The van der Waals surface area contributed by atoms with Crippen LogP contribution in [0.25, 0.3) is 11.1 Å². The van der Waals surface area contributed by atoms with Crippen molar-refractivity contribution in [2.24, 2.45) is 5.92 Å². The number of non-ortho nitro benzene ring substituents is 1. The van der Waals surface area contributed by atoms with Crippen molar-refractivity contribution in [1.29, 1.82) is 0 Å². The molecule has 0 bridgehead atoms. The Morgan fingerprint density at radius 2 is 2.25 bits per heavy atom. The minimum absolute atomic E-state index is 0.0689. The summed E-state index contributed by atoms with van der Waals surface area (Å²) in [5.41, 5.74) is 0.207. The Balaban J connectivity index is 1.71. The highest BCUT2D eigenvalue weighted by Gasteiger charge is 2.18. The van der Waals surface area contributed by atoms with Crippen LogP contribution in [0.1, 0.15) is 19.3 Å². The molecule has 3 rings (SSSR count). The number of esters is 1. The summed E-state index contributed by atoms with van der Waals surface area (Å²) in [4.78, 5) is 34.0. The van der Waals surface area contributed by atoms with Crippen LogP contribution in [0.15, 0.2) is 39.6 Å². The van der Waals surface area contributed by atoms with Crippen molar-refractivity contribution in [2.45, 2.75) is 25.8 Å². The Morgan fingerprint density at radius 3 is 2.96 bits per heavy atom. The van der Waals surface area contributed by atoms with Gasteiger partial charge in [-0.15, -0.1) is 0 Å². The standard InChI is InChI=1S/C16H16N2O6/c19-15(23-10-11-4-2-1-3-5-11)9-17-13-7-6-12(18(21)22)8-14(13)24-16(17)20/h1-2,6-8,11H,3-5,9-10H2. The lowest BCUT2D eigenvalue weighted by molar-refractivity contribution is -0.384. The first-order valence-corrected chi connectivity index (χ1v) is 7.63. The third-order valence-electron chi connectivity index (χ3n) is 4.01.